The van der Waals surface area contributed by atoms with Gasteiger partial charge in [-0.1, -0.05) is 146 Å². The zero-order valence-electron chi connectivity index (χ0n) is 26.0. The van der Waals surface area contributed by atoms with Crippen LogP contribution < -0.4 is 0 Å². The number of hydrogen-bond donors (Lipinski definition) is 0. The lowest BCUT2D eigenvalue weighted by molar-refractivity contribution is 0.860. The molecule has 0 fully saturated rings. The summed E-state index contributed by atoms with van der Waals surface area (Å²) in [5.41, 5.74) is 10.4. The minimum Gasteiger partial charge on any atom is -0.309 e. The predicted molar refractivity (Wildman–Crippen MR) is 195 cm³/mol. The number of fused-ring (bicyclic) bond motifs is 9. The lowest BCUT2D eigenvalue weighted by Gasteiger charge is -2.17. The van der Waals surface area contributed by atoms with Crippen LogP contribution in [0.1, 0.15) is 22.9 Å². The van der Waals surface area contributed by atoms with Gasteiger partial charge in [0, 0.05) is 33.0 Å². The first-order valence-electron chi connectivity index (χ1n) is 16.3. The van der Waals surface area contributed by atoms with Gasteiger partial charge >= 0.3 is 0 Å². The van der Waals surface area contributed by atoms with E-state index in [0.717, 1.165) is 22.6 Å². The third-order valence-corrected chi connectivity index (χ3v) is 9.71. The largest absolute Gasteiger partial charge is 0.309 e. The Morgan fingerprint density at radius 2 is 0.979 bits per heavy atom. The fourth-order valence-corrected chi connectivity index (χ4v) is 7.65. The summed E-state index contributed by atoms with van der Waals surface area (Å²) in [6.07, 6.45) is 0. The van der Waals surface area contributed by atoms with E-state index < -0.39 is 0 Å². The average Bonchev–Trinajstić information content (AvgIpc) is 3.69. The lowest BCUT2D eigenvalue weighted by atomic mass is 9.90. The molecule has 0 N–H and O–H groups in total. The predicted octanol–water partition coefficient (Wildman–Crippen LogP) is 10.6. The number of nitrogens with zero attached hydrogens (tertiary/aromatic N) is 4. The number of para-hydroxylation sites is 2. The molecule has 10 rings (SSSR count). The van der Waals surface area contributed by atoms with Crippen LogP contribution in [0.25, 0.3) is 72.2 Å². The van der Waals surface area contributed by atoms with Gasteiger partial charge in [-0.25, -0.2) is 15.0 Å². The van der Waals surface area contributed by atoms with E-state index in [9.17, 15) is 0 Å². The average molecular weight is 613 g/mol. The Labute approximate surface area is 277 Å². The Bertz CT molecular complexity index is 2600. The van der Waals surface area contributed by atoms with Crippen molar-refractivity contribution in [2.45, 2.75) is 5.92 Å². The number of hydrogen-bond acceptors (Lipinski definition) is 3. The van der Waals surface area contributed by atoms with Crippen molar-refractivity contribution in [2.75, 3.05) is 0 Å². The van der Waals surface area contributed by atoms with Gasteiger partial charge in [0.25, 0.3) is 0 Å². The lowest BCUT2D eigenvalue weighted by Crippen LogP contribution is -2.09. The molecule has 4 nitrogen and oxygen atoms in total. The Hall–Kier alpha value is -6.39. The summed E-state index contributed by atoms with van der Waals surface area (Å²) in [7, 11) is 0. The Kier molecular flexibility index (Phi) is 5.90. The molecular weight excluding hydrogens is 585 g/mol. The molecule has 48 heavy (non-hydrogen) atoms. The molecule has 1 aliphatic rings. The minimum atomic E-state index is -0.167. The van der Waals surface area contributed by atoms with Gasteiger partial charge in [-0.3, -0.25) is 0 Å². The molecule has 0 saturated carbocycles. The van der Waals surface area contributed by atoms with Crippen LogP contribution in [0.3, 0.4) is 0 Å². The molecule has 0 amide bonds. The molecule has 0 aliphatic heterocycles. The maximum Gasteiger partial charge on any atom is 0.163 e. The molecule has 7 aromatic carbocycles. The molecule has 224 valence electrons. The maximum atomic E-state index is 5.25. The molecule has 2 aromatic heterocycles. The summed E-state index contributed by atoms with van der Waals surface area (Å²) in [5, 5.41) is 4.91. The van der Waals surface area contributed by atoms with Gasteiger partial charge in [0.2, 0.25) is 0 Å². The van der Waals surface area contributed by atoms with Gasteiger partial charge in [0.05, 0.1) is 17.0 Å². The topological polar surface area (TPSA) is 43.6 Å². The summed E-state index contributed by atoms with van der Waals surface area (Å²) < 4.78 is 2.42. The van der Waals surface area contributed by atoms with Gasteiger partial charge in [0.15, 0.2) is 11.6 Å². The van der Waals surface area contributed by atoms with Gasteiger partial charge in [-0.05, 0) is 45.8 Å². The van der Waals surface area contributed by atoms with Crippen molar-refractivity contribution in [1.29, 1.82) is 0 Å². The van der Waals surface area contributed by atoms with Crippen LogP contribution in [0.15, 0.2) is 164 Å². The summed E-state index contributed by atoms with van der Waals surface area (Å²) in [4.78, 5) is 15.5. The van der Waals surface area contributed by atoms with Gasteiger partial charge in [-0.15, -0.1) is 0 Å². The van der Waals surface area contributed by atoms with E-state index in [0.29, 0.717) is 11.6 Å². The number of rotatable bonds is 4. The van der Waals surface area contributed by atoms with E-state index in [1.807, 2.05) is 36.4 Å². The number of benzene rings is 7. The Morgan fingerprint density at radius 3 is 1.71 bits per heavy atom. The van der Waals surface area contributed by atoms with E-state index >= 15 is 0 Å². The highest BCUT2D eigenvalue weighted by Gasteiger charge is 2.35. The summed E-state index contributed by atoms with van der Waals surface area (Å²) in [5.74, 6) is 1.94. The third kappa shape index (κ3) is 3.99. The molecule has 0 bridgehead atoms. The van der Waals surface area contributed by atoms with Crippen molar-refractivity contribution in [3.63, 3.8) is 0 Å². The molecular formula is C44H28N4. The highest BCUT2D eigenvalue weighted by molar-refractivity contribution is 6.20. The van der Waals surface area contributed by atoms with Gasteiger partial charge in [0.1, 0.15) is 5.82 Å². The molecule has 0 saturated heterocycles. The second-order valence-corrected chi connectivity index (χ2v) is 12.4. The summed E-state index contributed by atoms with van der Waals surface area (Å²) >= 11 is 0. The smallest absolute Gasteiger partial charge is 0.163 e. The second-order valence-electron chi connectivity index (χ2n) is 12.4. The maximum absolute atomic E-state index is 5.25. The molecule has 0 radical (unpaired) electrons. The monoisotopic (exact) mass is 612 g/mol. The van der Waals surface area contributed by atoms with E-state index in [1.165, 1.54) is 54.8 Å². The van der Waals surface area contributed by atoms with Crippen LogP contribution >= 0.6 is 0 Å². The second kappa shape index (κ2) is 10.6. The normalized spacial score (nSPS) is 13.6. The molecule has 0 spiro atoms. The SMILES string of the molecule is c1ccc(-c2nc(-c3ccccc3)nc(C3c4ccccc4-c4ccc5c(ccc6c7ccccc7n(-c7ccccc7)c56)c43)n2)cc1. The Balaban J connectivity index is 1.29. The Morgan fingerprint density at radius 1 is 0.417 bits per heavy atom. The first-order valence-corrected chi connectivity index (χ1v) is 16.3. The summed E-state index contributed by atoms with van der Waals surface area (Å²) in [6.45, 7) is 0. The first kappa shape index (κ1) is 26.8. The van der Waals surface area contributed by atoms with Crippen molar-refractivity contribution >= 4 is 32.6 Å². The molecule has 1 aliphatic carbocycles. The fraction of sp³-hybridized carbons (Fsp3) is 0.0227. The van der Waals surface area contributed by atoms with E-state index in [2.05, 4.69) is 132 Å². The molecule has 2 heterocycles. The number of aromatic nitrogens is 4. The van der Waals surface area contributed by atoms with E-state index in [1.54, 1.807) is 0 Å². The molecule has 1 atom stereocenters. The zero-order chi connectivity index (χ0) is 31.6. The highest BCUT2D eigenvalue weighted by Crippen LogP contribution is 2.51. The first-order chi connectivity index (χ1) is 23.8. The van der Waals surface area contributed by atoms with Gasteiger partial charge < -0.3 is 4.57 Å². The van der Waals surface area contributed by atoms with Crippen LogP contribution in [-0.2, 0) is 0 Å². The van der Waals surface area contributed by atoms with Crippen molar-refractivity contribution in [1.82, 2.24) is 19.5 Å². The van der Waals surface area contributed by atoms with E-state index in [-0.39, 0.29) is 5.92 Å². The van der Waals surface area contributed by atoms with Crippen LogP contribution in [0.2, 0.25) is 0 Å². The van der Waals surface area contributed by atoms with Crippen molar-refractivity contribution in [3.05, 3.63) is 181 Å². The fourth-order valence-electron chi connectivity index (χ4n) is 7.65. The molecule has 4 heteroatoms. The van der Waals surface area contributed by atoms with Crippen LogP contribution in [0, 0.1) is 0 Å². The highest BCUT2D eigenvalue weighted by atomic mass is 15.0. The zero-order valence-corrected chi connectivity index (χ0v) is 26.0. The van der Waals surface area contributed by atoms with Crippen LogP contribution in [0.5, 0.6) is 0 Å². The van der Waals surface area contributed by atoms with Crippen LogP contribution in [-0.4, -0.2) is 19.5 Å². The van der Waals surface area contributed by atoms with Gasteiger partial charge in [-0.2, -0.15) is 0 Å². The van der Waals surface area contributed by atoms with Crippen molar-refractivity contribution in [2.24, 2.45) is 0 Å². The van der Waals surface area contributed by atoms with Crippen molar-refractivity contribution in [3.8, 4) is 39.6 Å². The van der Waals surface area contributed by atoms with Crippen molar-refractivity contribution < 1.29 is 0 Å². The van der Waals surface area contributed by atoms with Crippen LogP contribution in [0.4, 0.5) is 0 Å². The quantitative estimate of drug-likeness (QED) is 0.199. The standard InChI is InChI=1S/C44H28N4/c1-4-14-28(15-5-1)42-45-43(29-16-6-2-7-17-29)47-44(46-42)40-33-22-11-10-20-31(33)34-24-27-37-35(39(34)40)25-26-36-32-21-12-13-23-38(32)48(41(36)37)30-18-8-3-9-19-30/h1-27,40H. The minimum absolute atomic E-state index is 0.167. The van der Waals surface area contributed by atoms with E-state index in [4.69, 9.17) is 15.0 Å². The molecule has 9 aromatic rings. The third-order valence-electron chi connectivity index (χ3n) is 9.71. The summed E-state index contributed by atoms with van der Waals surface area (Å²) in [6, 6.07) is 57.8. The molecule has 1 unspecified atom stereocenters.